The van der Waals surface area contributed by atoms with E-state index in [4.69, 9.17) is 23.0 Å². The molecule has 4 rings (SSSR count). The van der Waals surface area contributed by atoms with Crippen molar-refractivity contribution in [1.29, 1.82) is 0 Å². The Bertz CT molecular complexity index is 1420. The first-order valence-corrected chi connectivity index (χ1v) is 9.93. The molecule has 174 valence electrons. The van der Waals surface area contributed by atoms with Gasteiger partial charge in [0.1, 0.15) is 17.9 Å². The van der Waals surface area contributed by atoms with Crippen LogP contribution in [0.5, 0.6) is 17.2 Å². The number of phenolic OH excluding ortho intramolecular Hbond substituents is 1. The monoisotopic (exact) mass is 465 g/mol. The quantitative estimate of drug-likeness (QED) is 0.309. The SMILES string of the molecule is COc1cc(NC(=O)c2ccco2)c(C(=O)OCc2cc(=O)oc3cc(O)ccc23)cc1OC. The second-order valence-electron chi connectivity index (χ2n) is 7.03. The van der Waals surface area contributed by atoms with Crippen molar-refractivity contribution in [3.05, 3.63) is 82.1 Å². The summed E-state index contributed by atoms with van der Waals surface area (Å²) in [4.78, 5) is 37.4. The predicted octanol–water partition coefficient (Wildman–Crippen LogP) is 3.72. The highest BCUT2D eigenvalue weighted by atomic mass is 16.5. The molecule has 0 saturated heterocycles. The van der Waals surface area contributed by atoms with Crippen LogP contribution in [0.15, 0.2) is 68.4 Å². The number of amides is 1. The topological polar surface area (TPSA) is 137 Å². The summed E-state index contributed by atoms with van der Waals surface area (Å²) in [7, 11) is 2.82. The van der Waals surface area contributed by atoms with E-state index in [1.165, 1.54) is 56.9 Å². The average molecular weight is 465 g/mol. The summed E-state index contributed by atoms with van der Waals surface area (Å²) in [6.45, 7) is -0.272. The van der Waals surface area contributed by atoms with Crippen LogP contribution in [-0.4, -0.2) is 31.2 Å². The molecule has 10 nitrogen and oxygen atoms in total. The molecule has 4 aromatic rings. The van der Waals surface area contributed by atoms with E-state index in [0.717, 1.165) is 0 Å². The predicted molar refractivity (Wildman–Crippen MR) is 119 cm³/mol. The third-order valence-corrected chi connectivity index (χ3v) is 4.91. The van der Waals surface area contributed by atoms with Gasteiger partial charge in [0.15, 0.2) is 17.3 Å². The molecule has 0 saturated carbocycles. The number of esters is 1. The number of methoxy groups -OCH3 is 2. The highest BCUT2D eigenvalue weighted by Crippen LogP contribution is 2.34. The Hall–Kier alpha value is -4.73. The first-order chi connectivity index (χ1) is 16.4. The van der Waals surface area contributed by atoms with Crippen LogP contribution in [0.3, 0.4) is 0 Å². The number of carbonyl (C=O) groups excluding carboxylic acids is 2. The van der Waals surface area contributed by atoms with Crippen molar-refractivity contribution >= 4 is 28.5 Å². The largest absolute Gasteiger partial charge is 0.508 e. The second kappa shape index (κ2) is 9.41. The Balaban J connectivity index is 1.65. The molecule has 0 aliphatic heterocycles. The van der Waals surface area contributed by atoms with Crippen molar-refractivity contribution in [3.8, 4) is 17.2 Å². The molecule has 0 fully saturated rings. The molecule has 2 N–H and O–H groups in total. The summed E-state index contributed by atoms with van der Waals surface area (Å²) < 4.78 is 26.2. The Labute approximate surface area is 192 Å². The third kappa shape index (κ3) is 4.56. The van der Waals surface area contributed by atoms with Crippen molar-refractivity contribution in [3.63, 3.8) is 0 Å². The number of aromatic hydroxyl groups is 1. The minimum atomic E-state index is -0.795. The molecular weight excluding hydrogens is 446 g/mol. The molecule has 1 amide bonds. The Morgan fingerprint density at radius 3 is 2.50 bits per heavy atom. The van der Waals surface area contributed by atoms with Gasteiger partial charge >= 0.3 is 11.6 Å². The zero-order valence-electron chi connectivity index (χ0n) is 18.1. The van der Waals surface area contributed by atoms with Gasteiger partial charge in [-0.25, -0.2) is 9.59 Å². The maximum absolute atomic E-state index is 13.0. The van der Waals surface area contributed by atoms with E-state index in [0.29, 0.717) is 10.9 Å². The number of ether oxygens (including phenoxy) is 3. The number of hydrogen-bond acceptors (Lipinski definition) is 9. The van der Waals surface area contributed by atoms with Gasteiger partial charge in [0.05, 0.1) is 31.7 Å². The number of fused-ring (bicyclic) bond motifs is 1. The molecular formula is C24H19NO9. The smallest absolute Gasteiger partial charge is 0.340 e. The second-order valence-corrected chi connectivity index (χ2v) is 7.03. The molecule has 34 heavy (non-hydrogen) atoms. The fourth-order valence-corrected chi connectivity index (χ4v) is 3.30. The lowest BCUT2D eigenvalue weighted by atomic mass is 10.1. The molecule has 0 spiro atoms. The maximum Gasteiger partial charge on any atom is 0.340 e. The van der Waals surface area contributed by atoms with Gasteiger partial charge in [-0.15, -0.1) is 0 Å². The van der Waals surface area contributed by atoms with Crippen molar-refractivity contribution in [1.82, 2.24) is 0 Å². The molecule has 0 atom stereocenters. The number of rotatable bonds is 7. The molecule has 0 aliphatic carbocycles. The lowest BCUT2D eigenvalue weighted by Gasteiger charge is -2.15. The van der Waals surface area contributed by atoms with Crippen LogP contribution in [0.2, 0.25) is 0 Å². The van der Waals surface area contributed by atoms with Crippen LogP contribution < -0.4 is 20.4 Å². The van der Waals surface area contributed by atoms with Gasteiger partial charge < -0.3 is 33.5 Å². The maximum atomic E-state index is 13.0. The van der Waals surface area contributed by atoms with E-state index in [9.17, 15) is 19.5 Å². The first-order valence-electron chi connectivity index (χ1n) is 9.93. The molecule has 2 aromatic carbocycles. The summed E-state index contributed by atoms with van der Waals surface area (Å²) in [6.07, 6.45) is 1.35. The summed E-state index contributed by atoms with van der Waals surface area (Å²) >= 11 is 0. The number of furan rings is 1. The number of benzene rings is 2. The zero-order valence-corrected chi connectivity index (χ0v) is 18.1. The van der Waals surface area contributed by atoms with E-state index in [1.54, 1.807) is 12.1 Å². The Kier molecular flexibility index (Phi) is 6.22. The van der Waals surface area contributed by atoms with Crippen molar-refractivity contribution in [2.75, 3.05) is 19.5 Å². The van der Waals surface area contributed by atoms with Gasteiger partial charge in [0.25, 0.3) is 5.91 Å². The number of carbonyl (C=O) groups is 2. The summed E-state index contributed by atoms with van der Waals surface area (Å²) in [6, 6.07) is 11.3. The average Bonchev–Trinajstić information content (AvgIpc) is 3.37. The fraction of sp³-hybridized carbons (Fsp3) is 0.125. The highest BCUT2D eigenvalue weighted by Gasteiger charge is 2.21. The van der Waals surface area contributed by atoms with Crippen molar-refractivity contribution in [2.24, 2.45) is 0 Å². The molecule has 0 aliphatic rings. The van der Waals surface area contributed by atoms with Crippen LogP contribution in [0, 0.1) is 0 Å². The van der Waals surface area contributed by atoms with Gasteiger partial charge in [0, 0.05) is 35.2 Å². The Morgan fingerprint density at radius 1 is 1.03 bits per heavy atom. The molecule has 0 radical (unpaired) electrons. The third-order valence-electron chi connectivity index (χ3n) is 4.91. The highest BCUT2D eigenvalue weighted by molar-refractivity contribution is 6.07. The fourth-order valence-electron chi connectivity index (χ4n) is 3.30. The number of hydrogen-bond donors (Lipinski definition) is 2. The van der Waals surface area contributed by atoms with Gasteiger partial charge in [-0.3, -0.25) is 4.79 Å². The lowest BCUT2D eigenvalue weighted by Crippen LogP contribution is -2.16. The van der Waals surface area contributed by atoms with Crippen molar-refractivity contribution in [2.45, 2.75) is 6.61 Å². The van der Waals surface area contributed by atoms with E-state index in [-0.39, 0.29) is 46.4 Å². The van der Waals surface area contributed by atoms with Gasteiger partial charge in [-0.1, -0.05) is 0 Å². The summed E-state index contributed by atoms with van der Waals surface area (Å²) in [5.74, 6) is -0.896. The molecule has 0 bridgehead atoms. The van der Waals surface area contributed by atoms with Crippen LogP contribution in [0.1, 0.15) is 26.5 Å². The zero-order chi connectivity index (χ0) is 24.2. The molecule has 10 heteroatoms. The van der Waals surface area contributed by atoms with Crippen molar-refractivity contribution < 1.29 is 37.7 Å². The number of nitrogens with one attached hydrogen (secondary N) is 1. The van der Waals surface area contributed by atoms with Gasteiger partial charge in [0.2, 0.25) is 0 Å². The van der Waals surface area contributed by atoms with E-state index in [2.05, 4.69) is 5.32 Å². The minimum Gasteiger partial charge on any atom is -0.508 e. The van der Waals surface area contributed by atoms with E-state index >= 15 is 0 Å². The summed E-state index contributed by atoms with van der Waals surface area (Å²) in [5.41, 5.74) is -0.0483. The molecule has 0 unspecified atom stereocenters. The lowest BCUT2D eigenvalue weighted by molar-refractivity contribution is 0.0474. The van der Waals surface area contributed by atoms with E-state index in [1.807, 2.05) is 0 Å². The standard InChI is InChI=1S/C24H19NO9/c1-30-20-10-16(17(11-21(20)31-2)25-23(28)18-4-3-7-32-18)24(29)33-12-13-8-22(27)34-19-9-14(26)5-6-15(13)19/h3-11,26H,12H2,1-2H3,(H,25,28). The van der Waals surface area contributed by atoms with Crippen LogP contribution in [0.4, 0.5) is 5.69 Å². The van der Waals surface area contributed by atoms with Crippen LogP contribution >= 0.6 is 0 Å². The van der Waals surface area contributed by atoms with Crippen LogP contribution in [0.25, 0.3) is 11.0 Å². The first kappa shape index (κ1) is 22.5. The number of anilines is 1. The summed E-state index contributed by atoms with van der Waals surface area (Å²) in [5, 5.41) is 12.7. The number of phenols is 1. The van der Waals surface area contributed by atoms with Gasteiger partial charge in [-0.2, -0.15) is 0 Å². The Morgan fingerprint density at radius 2 is 1.79 bits per heavy atom. The molecule has 2 heterocycles. The van der Waals surface area contributed by atoms with E-state index < -0.39 is 17.5 Å². The van der Waals surface area contributed by atoms with Crippen LogP contribution in [-0.2, 0) is 11.3 Å². The minimum absolute atomic E-state index is 0.0116. The van der Waals surface area contributed by atoms with Gasteiger partial charge in [-0.05, 0) is 24.3 Å². The molecule has 2 aromatic heterocycles. The normalized spacial score (nSPS) is 10.6.